The zero-order valence-corrected chi connectivity index (χ0v) is 8.72. The maximum absolute atomic E-state index is 10.7. The van der Waals surface area contributed by atoms with E-state index in [0.29, 0.717) is 18.4 Å². The maximum Gasteiger partial charge on any atom is 0.272 e. The molecule has 1 saturated carbocycles. The van der Waals surface area contributed by atoms with Gasteiger partial charge in [-0.15, -0.1) is 0 Å². The first-order valence-corrected chi connectivity index (χ1v) is 5.19. The van der Waals surface area contributed by atoms with E-state index in [2.05, 4.69) is 0 Å². The number of nitrogens with zero attached hydrogens (tertiary/aromatic N) is 1. The number of phenols is 1. The summed E-state index contributed by atoms with van der Waals surface area (Å²) in [4.78, 5) is 10.3. The van der Waals surface area contributed by atoms with Crippen molar-refractivity contribution in [2.45, 2.75) is 31.3 Å². The zero-order valence-electron chi connectivity index (χ0n) is 8.72. The van der Waals surface area contributed by atoms with Crippen LogP contribution in [0.3, 0.4) is 0 Å². The summed E-state index contributed by atoms with van der Waals surface area (Å²) in [5.41, 5.74) is -0.147. The highest BCUT2D eigenvalue weighted by Crippen LogP contribution is 2.40. The minimum absolute atomic E-state index is 0.00190. The molecule has 0 aliphatic heterocycles. The molecule has 0 bridgehead atoms. The topological polar surface area (TPSA) is 83.6 Å². The van der Waals surface area contributed by atoms with Crippen LogP contribution in [0.25, 0.3) is 0 Å². The van der Waals surface area contributed by atoms with Crippen molar-refractivity contribution < 1.29 is 15.1 Å². The Hall–Kier alpha value is -1.62. The Morgan fingerprint density at radius 3 is 2.69 bits per heavy atom. The molecule has 5 heteroatoms. The minimum Gasteiger partial charge on any atom is -0.508 e. The van der Waals surface area contributed by atoms with Crippen LogP contribution in [0, 0.1) is 10.1 Å². The molecule has 1 aliphatic rings. The summed E-state index contributed by atoms with van der Waals surface area (Å²) in [7, 11) is 0. The third-order valence-electron chi connectivity index (χ3n) is 2.95. The number of hydrogen-bond donors (Lipinski definition) is 2. The first-order valence-electron chi connectivity index (χ1n) is 5.19. The van der Waals surface area contributed by atoms with Crippen LogP contribution in [0.5, 0.6) is 5.75 Å². The number of aromatic hydroxyl groups is 1. The van der Waals surface area contributed by atoms with Gasteiger partial charge in [0.25, 0.3) is 5.69 Å². The van der Waals surface area contributed by atoms with Crippen molar-refractivity contribution in [3.05, 3.63) is 33.9 Å². The Balaban J connectivity index is 2.16. The van der Waals surface area contributed by atoms with Gasteiger partial charge in [-0.2, -0.15) is 0 Å². The van der Waals surface area contributed by atoms with Crippen molar-refractivity contribution in [2.75, 3.05) is 0 Å². The summed E-state index contributed by atoms with van der Waals surface area (Å²) in [5.74, 6) is 0.0170. The highest BCUT2D eigenvalue weighted by molar-refractivity contribution is 5.45. The van der Waals surface area contributed by atoms with Crippen molar-refractivity contribution in [1.82, 2.24) is 0 Å². The van der Waals surface area contributed by atoms with Crippen LogP contribution in [0.4, 0.5) is 5.69 Å². The summed E-state index contributed by atoms with van der Waals surface area (Å²) in [5, 5.41) is 29.7. The molecule has 5 nitrogen and oxygen atoms in total. The first-order chi connectivity index (χ1) is 7.50. The smallest absolute Gasteiger partial charge is 0.272 e. The molecule has 86 valence electrons. The summed E-state index contributed by atoms with van der Waals surface area (Å²) >= 11 is 0. The molecule has 0 atom stereocenters. The van der Waals surface area contributed by atoms with E-state index in [4.69, 9.17) is 0 Å². The summed E-state index contributed by atoms with van der Waals surface area (Å²) in [6, 6.07) is 3.99. The number of nitro benzene ring substituents is 1. The van der Waals surface area contributed by atoms with E-state index in [-0.39, 0.29) is 11.4 Å². The molecule has 0 amide bonds. The normalized spacial score (nSPS) is 17.1. The average Bonchev–Trinajstić information content (AvgIpc) is 2.94. The zero-order chi connectivity index (χ0) is 11.8. The van der Waals surface area contributed by atoms with Crippen LogP contribution in [-0.2, 0) is 6.42 Å². The SMILES string of the molecule is O=[N+]([O-])c1ccc(O)cc1CCC1(O)CC1. The van der Waals surface area contributed by atoms with E-state index >= 15 is 0 Å². The van der Waals surface area contributed by atoms with Crippen LogP contribution in [0.1, 0.15) is 24.8 Å². The number of benzene rings is 1. The summed E-state index contributed by atoms with van der Waals surface area (Å²) in [6.45, 7) is 0. The Labute approximate surface area is 92.5 Å². The third-order valence-corrected chi connectivity index (χ3v) is 2.95. The Morgan fingerprint density at radius 1 is 1.44 bits per heavy atom. The van der Waals surface area contributed by atoms with Crippen molar-refractivity contribution in [3.8, 4) is 5.75 Å². The van der Waals surface area contributed by atoms with Gasteiger partial charge in [0.1, 0.15) is 5.75 Å². The number of nitro groups is 1. The number of hydrogen-bond acceptors (Lipinski definition) is 4. The molecule has 0 heterocycles. The van der Waals surface area contributed by atoms with Crippen LogP contribution < -0.4 is 0 Å². The molecular weight excluding hydrogens is 210 g/mol. The van der Waals surface area contributed by atoms with Gasteiger partial charge in [-0.25, -0.2) is 0 Å². The fourth-order valence-corrected chi connectivity index (χ4v) is 1.71. The molecule has 0 saturated heterocycles. The fourth-order valence-electron chi connectivity index (χ4n) is 1.71. The Bertz CT molecular complexity index is 426. The van der Waals surface area contributed by atoms with Gasteiger partial charge in [-0.05, 0) is 37.8 Å². The molecular formula is C11H13NO4. The second kappa shape index (κ2) is 3.75. The van der Waals surface area contributed by atoms with Crippen molar-refractivity contribution >= 4 is 5.69 Å². The predicted molar refractivity (Wildman–Crippen MR) is 57.3 cm³/mol. The quantitative estimate of drug-likeness (QED) is 0.601. The number of phenolic OH excluding ortho intramolecular Hbond substituents is 1. The van der Waals surface area contributed by atoms with Gasteiger partial charge < -0.3 is 10.2 Å². The molecule has 1 aromatic rings. The van der Waals surface area contributed by atoms with Crippen LogP contribution >= 0.6 is 0 Å². The lowest BCUT2D eigenvalue weighted by Gasteiger charge is -2.07. The molecule has 2 N–H and O–H groups in total. The van der Waals surface area contributed by atoms with E-state index in [9.17, 15) is 20.3 Å². The van der Waals surface area contributed by atoms with Gasteiger partial charge in [0.15, 0.2) is 0 Å². The molecule has 0 radical (unpaired) electrons. The lowest BCUT2D eigenvalue weighted by Crippen LogP contribution is -2.08. The first kappa shape index (κ1) is 10.9. The largest absolute Gasteiger partial charge is 0.508 e. The van der Waals surface area contributed by atoms with Crippen LogP contribution in [0.2, 0.25) is 0 Å². The van der Waals surface area contributed by atoms with E-state index in [1.807, 2.05) is 0 Å². The standard InChI is InChI=1S/C11H13NO4/c13-9-1-2-10(12(15)16)8(7-9)3-4-11(14)5-6-11/h1-2,7,13-14H,3-6H2. The molecule has 0 aromatic heterocycles. The lowest BCUT2D eigenvalue weighted by molar-refractivity contribution is -0.385. The van der Waals surface area contributed by atoms with Gasteiger partial charge in [0.05, 0.1) is 10.5 Å². The predicted octanol–water partition coefficient (Wildman–Crippen LogP) is 1.76. The van der Waals surface area contributed by atoms with E-state index < -0.39 is 10.5 Å². The minimum atomic E-state index is -0.626. The van der Waals surface area contributed by atoms with E-state index in [0.717, 1.165) is 12.8 Å². The van der Waals surface area contributed by atoms with Crippen LogP contribution in [-0.4, -0.2) is 20.7 Å². The summed E-state index contributed by atoms with van der Waals surface area (Å²) < 4.78 is 0. The van der Waals surface area contributed by atoms with Gasteiger partial charge in [0, 0.05) is 11.6 Å². The van der Waals surface area contributed by atoms with Crippen molar-refractivity contribution in [2.24, 2.45) is 0 Å². The van der Waals surface area contributed by atoms with Crippen LogP contribution in [0.15, 0.2) is 18.2 Å². The molecule has 0 unspecified atom stereocenters. The van der Waals surface area contributed by atoms with E-state index in [1.54, 1.807) is 0 Å². The second-order valence-electron chi connectivity index (χ2n) is 4.29. The average molecular weight is 223 g/mol. The molecule has 1 aromatic carbocycles. The summed E-state index contributed by atoms with van der Waals surface area (Å²) in [6.07, 6.45) is 2.46. The Kier molecular flexibility index (Phi) is 2.55. The molecule has 1 aliphatic carbocycles. The second-order valence-corrected chi connectivity index (χ2v) is 4.29. The molecule has 16 heavy (non-hydrogen) atoms. The number of rotatable bonds is 4. The maximum atomic E-state index is 10.7. The van der Waals surface area contributed by atoms with Gasteiger partial charge >= 0.3 is 0 Å². The highest BCUT2D eigenvalue weighted by atomic mass is 16.6. The monoisotopic (exact) mass is 223 g/mol. The number of aliphatic hydroxyl groups is 1. The fraction of sp³-hybridized carbons (Fsp3) is 0.455. The molecule has 2 rings (SSSR count). The lowest BCUT2D eigenvalue weighted by atomic mass is 10.0. The molecule has 0 spiro atoms. The number of aryl methyl sites for hydroxylation is 1. The van der Waals surface area contributed by atoms with Crippen molar-refractivity contribution in [3.63, 3.8) is 0 Å². The van der Waals surface area contributed by atoms with Gasteiger partial charge in [0.2, 0.25) is 0 Å². The van der Waals surface area contributed by atoms with Gasteiger partial charge in [-0.1, -0.05) is 0 Å². The molecule has 1 fully saturated rings. The van der Waals surface area contributed by atoms with E-state index in [1.165, 1.54) is 18.2 Å². The highest BCUT2D eigenvalue weighted by Gasteiger charge is 2.39. The van der Waals surface area contributed by atoms with Gasteiger partial charge in [-0.3, -0.25) is 10.1 Å². The Morgan fingerprint density at radius 2 is 2.12 bits per heavy atom. The van der Waals surface area contributed by atoms with Crippen molar-refractivity contribution in [1.29, 1.82) is 0 Å². The third kappa shape index (κ3) is 2.30.